The molecule has 0 saturated heterocycles. The van der Waals surface area contributed by atoms with Crippen LogP contribution in [0.2, 0.25) is 5.02 Å². The van der Waals surface area contributed by atoms with Gasteiger partial charge in [0.1, 0.15) is 5.82 Å². The standard InChI is InChI=1S/C23H26ClFN4S/c1-4-5-7-17-10-12-18(13-11-17)26-23(30)27-22-15(2)28-29(16(22)3)14-19-20(24)8-6-9-21(19)25/h6,8-13H,4-5,7,14H2,1-3H3,(H2,26,27,30). The predicted molar refractivity (Wildman–Crippen MR) is 127 cm³/mol. The van der Waals surface area contributed by atoms with E-state index in [4.69, 9.17) is 23.8 Å². The lowest BCUT2D eigenvalue weighted by molar-refractivity contribution is 0.579. The van der Waals surface area contributed by atoms with Gasteiger partial charge >= 0.3 is 0 Å². The molecule has 0 radical (unpaired) electrons. The van der Waals surface area contributed by atoms with E-state index in [0.29, 0.717) is 15.7 Å². The largest absolute Gasteiger partial charge is 0.332 e. The Morgan fingerprint density at radius 2 is 1.87 bits per heavy atom. The van der Waals surface area contributed by atoms with Crippen LogP contribution in [0.25, 0.3) is 0 Å². The summed E-state index contributed by atoms with van der Waals surface area (Å²) in [7, 11) is 0. The number of aryl methyl sites for hydroxylation is 2. The van der Waals surface area contributed by atoms with Gasteiger partial charge in [0.2, 0.25) is 0 Å². The number of nitrogens with zero attached hydrogens (tertiary/aromatic N) is 2. The van der Waals surface area contributed by atoms with Crippen LogP contribution in [0.4, 0.5) is 15.8 Å². The second-order valence-electron chi connectivity index (χ2n) is 7.28. The maximum Gasteiger partial charge on any atom is 0.175 e. The molecular weight excluding hydrogens is 419 g/mol. The van der Waals surface area contributed by atoms with Crippen molar-refractivity contribution in [2.75, 3.05) is 10.6 Å². The summed E-state index contributed by atoms with van der Waals surface area (Å²) in [6.07, 6.45) is 3.46. The molecule has 2 N–H and O–H groups in total. The van der Waals surface area contributed by atoms with Gasteiger partial charge in [0.25, 0.3) is 0 Å². The van der Waals surface area contributed by atoms with Crippen LogP contribution in [-0.2, 0) is 13.0 Å². The number of thiocarbonyl (C=S) groups is 1. The molecule has 1 heterocycles. The highest BCUT2D eigenvalue weighted by molar-refractivity contribution is 7.80. The molecule has 0 aliphatic heterocycles. The Labute approximate surface area is 187 Å². The second kappa shape index (κ2) is 10.0. The average molecular weight is 445 g/mol. The summed E-state index contributed by atoms with van der Waals surface area (Å²) in [6.45, 7) is 6.25. The smallest absolute Gasteiger partial charge is 0.175 e. The molecule has 4 nitrogen and oxygen atoms in total. The molecule has 1 aromatic heterocycles. The van der Waals surface area contributed by atoms with E-state index in [0.717, 1.165) is 29.2 Å². The number of anilines is 2. The van der Waals surface area contributed by atoms with Gasteiger partial charge in [0, 0.05) is 16.3 Å². The molecule has 0 spiro atoms. The molecular formula is C23H26ClFN4S. The molecule has 0 unspecified atom stereocenters. The maximum absolute atomic E-state index is 14.2. The van der Waals surface area contributed by atoms with Crippen LogP contribution in [0, 0.1) is 19.7 Å². The zero-order chi connectivity index (χ0) is 21.7. The topological polar surface area (TPSA) is 41.9 Å². The molecule has 0 saturated carbocycles. The van der Waals surface area contributed by atoms with E-state index in [9.17, 15) is 4.39 Å². The first kappa shape index (κ1) is 22.2. The van der Waals surface area contributed by atoms with E-state index < -0.39 is 0 Å². The number of hydrogen-bond acceptors (Lipinski definition) is 2. The van der Waals surface area contributed by atoms with Crippen LogP contribution in [-0.4, -0.2) is 14.9 Å². The van der Waals surface area contributed by atoms with Gasteiger partial charge in [-0.25, -0.2) is 4.39 Å². The van der Waals surface area contributed by atoms with Crippen molar-refractivity contribution in [2.24, 2.45) is 0 Å². The summed E-state index contributed by atoms with van der Waals surface area (Å²) in [4.78, 5) is 0. The van der Waals surface area contributed by atoms with Gasteiger partial charge in [-0.1, -0.05) is 43.1 Å². The van der Waals surface area contributed by atoms with Crippen molar-refractivity contribution in [1.29, 1.82) is 0 Å². The fourth-order valence-electron chi connectivity index (χ4n) is 3.28. The number of rotatable bonds is 7. The molecule has 0 atom stereocenters. The van der Waals surface area contributed by atoms with Gasteiger partial charge in [-0.15, -0.1) is 0 Å². The monoisotopic (exact) mass is 444 g/mol. The third-order valence-corrected chi connectivity index (χ3v) is 5.58. The number of unbranched alkanes of at least 4 members (excludes halogenated alkanes) is 1. The molecule has 2 aromatic carbocycles. The van der Waals surface area contributed by atoms with E-state index in [2.05, 4.69) is 34.8 Å². The van der Waals surface area contributed by atoms with Gasteiger partial charge < -0.3 is 10.6 Å². The Balaban J connectivity index is 1.69. The predicted octanol–water partition coefficient (Wildman–Crippen LogP) is 6.49. The third kappa shape index (κ3) is 5.37. The SMILES string of the molecule is CCCCc1ccc(NC(=S)Nc2c(C)nn(Cc3c(F)cccc3Cl)c2C)cc1. The molecule has 0 amide bonds. The van der Waals surface area contributed by atoms with Crippen molar-refractivity contribution in [2.45, 2.75) is 46.6 Å². The molecule has 7 heteroatoms. The summed E-state index contributed by atoms with van der Waals surface area (Å²) >= 11 is 11.6. The van der Waals surface area contributed by atoms with Crippen LogP contribution >= 0.6 is 23.8 Å². The van der Waals surface area contributed by atoms with E-state index in [-0.39, 0.29) is 12.4 Å². The van der Waals surface area contributed by atoms with Crippen LogP contribution < -0.4 is 10.6 Å². The summed E-state index contributed by atoms with van der Waals surface area (Å²) in [5, 5.41) is 11.8. The third-order valence-electron chi connectivity index (χ3n) is 5.02. The zero-order valence-corrected chi connectivity index (χ0v) is 19.0. The van der Waals surface area contributed by atoms with Gasteiger partial charge in [-0.3, -0.25) is 4.68 Å². The van der Waals surface area contributed by atoms with Crippen molar-refractivity contribution in [3.8, 4) is 0 Å². The van der Waals surface area contributed by atoms with Crippen LogP contribution in [0.5, 0.6) is 0 Å². The van der Waals surface area contributed by atoms with Crippen molar-refractivity contribution >= 4 is 40.3 Å². The minimum atomic E-state index is -0.343. The molecule has 0 bridgehead atoms. The van der Waals surface area contributed by atoms with Crippen molar-refractivity contribution in [3.05, 3.63) is 75.8 Å². The lowest BCUT2D eigenvalue weighted by atomic mass is 10.1. The number of aromatic nitrogens is 2. The van der Waals surface area contributed by atoms with Crippen LogP contribution in [0.1, 0.15) is 42.3 Å². The van der Waals surface area contributed by atoms with Gasteiger partial charge in [-0.2, -0.15) is 5.10 Å². The van der Waals surface area contributed by atoms with E-state index in [1.165, 1.54) is 24.5 Å². The Bertz CT molecular complexity index is 1010. The highest BCUT2D eigenvalue weighted by atomic mass is 35.5. The molecule has 3 aromatic rings. The van der Waals surface area contributed by atoms with E-state index in [1.54, 1.807) is 16.8 Å². The van der Waals surface area contributed by atoms with Crippen LogP contribution in [0.15, 0.2) is 42.5 Å². The Hall–Kier alpha value is -2.44. The number of benzene rings is 2. The molecule has 0 fully saturated rings. The summed E-state index contributed by atoms with van der Waals surface area (Å²) < 4.78 is 15.9. The summed E-state index contributed by atoms with van der Waals surface area (Å²) in [5.41, 5.74) is 5.10. The Kier molecular flexibility index (Phi) is 7.45. The highest BCUT2D eigenvalue weighted by Gasteiger charge is 2.16. The highest BCUT2D eigenvalue weighted by Crippen LogP contribution is 2.24. The second-order valence-corrected chi connectivity index (χ2v) is 8.10. The summed E-state index contributed by atoms with van der Waals surface area (Å²) in [6, 6.07) is 13.0. The van der Waals surface area contributed by atoms with Crippen LogP contribution in [0.3, 0.4) is 0 Å². The molecule has 0 aliphatic carbocycles. The number of hydrogen-bond donors (Lipinski definition) is 2. The number of nitrogens with one attached hydrogen (secondary N) is 2. The maximum atomic E-state index is 14.2. The number of halogens is 2. The van der Waals surface area contributed by atoms with E-state index >= 15 is 0 Å². The quantitative estimate of drug-likeness (QED) is 0.408. The van der Waals surface area contributed by atoms with Gasteiger partial charge in [0.15, 0.2) is 5.11 Å². The normalized spacial score (nSPS) is 10.8. The Morgan fingerprint density at radius 3 is 2.53 bits per heavy atom. The minimum Gasteiger partial charge on any atom is -0.332 e. The first-order valence-corrected chi connectivity index (χ1v) is 10.8. The fraction of sp³-hybridized carbons (Fsp3) is 0.304. The van der Waals surface area contributed by atoms with Gasteiger partial charge in [0.05, 0.1) is 23.6 Å². The lowest BCUT2D eigenvalue weighted by Crippen LogP contribution is -2.20. The average Bonchev–Trinajstić information content (AvgIpc) is 2.97. The first-order valence-electron chi connectivity index (χ1n) is 10.0. The first-order chi connectivity index (χ1) is 14.4. The molecule has 3 rings (SSSR count). The summed E-state index contributed by atoms with van der Waals surface area (Å²) in [5.74, 6) is -0.343. The molecule has 0 aliphatic rings. The van der Waals surface area contributed by atoms with E-state index in [1.807, 2.05) is 26.0 Å². The minimum absolute atomic E-state index is 0.249. The van der Waals surface area contributed by atoms with Gasteiger partial charge in [-0.05, 0) is 68.7 Å². The van der Waals surface area contributed by atoms with Crippen molar-refractivity contribution in [3.63, 3.8) is 0 Å². The van der Waals surface area contributed by atoms with Crippen molar-refractivity contribution in [1.82, 2.24) is 9.78 Å². The van der Waals surface area contributed by atoms with Crippen molar-refractivity contribution < 1.29 is 4.39 Å². The lowest BCUT2D eigenvalue weighted by Gasteiger charge is -2.12. The zero-order valence-electron chi connectivity index (χ0n) is 17.4. The molecule has 30 heavy (non-hydrogen) atoms. The Morgan fingerprint density at radius 1 is 1.13 bits per heavy atom. The fourth-order valence-corrected chi connectivity index (χ4v) is 3.72. The molecule has 158 valence electrons.